The van der Waals surface area contributed by atoms with Crippen molar-refractivity contribution in [1.82, 2.24) is 0 Å². The maximum atomic E-state index is 11.7. The lowest BCUT2D eigenvalue weighted by Gasteiger charge is -2.38. The Hall–Kier alpha value is -2.82. The Labute approximate surface area is 152 Å². The maximum Gasteiger partial charge on any atom is 0.292 e. The van der Waals surface area contributed by atoms with Crippen LogP contribution >= 0.6 is 0 Å². The van der Waals surface area contributed by atoms with Crippen molar-refractivity contribution in [3.05, 3.63) is 74.9 Å². The number of fused-ring (bicyclic) bond motifs is 3. The van der Waals surface area contributed by atoms with Gasteiger partial charge in [-0.2, -0.15) is 0 Å². The lowest BCUT2D eigenvalue weighted by Crippen LogP contribution is -2.30. The predicted molar refractivity (Wildman–Crippen MR) is 102 cm³/mol. The Morgan fingerprint density at radius 1 is 1.27 bits per heavy atom. The van der Waals surface area contributed by atoms with E-state index in [2.05, 4.69) is 24.4 Å². The van der Waals surface area contributed by atoms with Crippen molar-refractivity contribution in [2.45, 2.75) is 32.2 Å². The first kappa shape index (κ1) is 16.6. The summed E-state index contributed by atoms with van der Waals surface area (Å²) in [4.78, 5) is 11.4. The molecule has 1 N–H and O–H groups in total. The molecule has 1 heterocycles. The molecule has 0 radical (unpaired) electrons. The molecular weight excluding hydrogens is 328 g/mol. The van der Waals surface area contributed by atoms with Crippen LogP contribution in [0, 0.1) is 29.9 Å². The number of rotatable bonds is 3. The number of aryl methyl sites for hydroxylation is 1. The maximum absolute atomic E-state index is 11.7. The second-order valence-electron chi connectivity index (χ2n) is 7.10. The average molecular weight is 350 g/mol. The number of nitro benzene ring substituents is 1. The number of hydrogen-bond donors (Lipinski definition) is 1. The number of methoxy groups -OCH3 is 1. The van der Waals surface area contributed by atoms with Gasteiger partial charge in [0.15, 0.2) is 0 Å². The first-order valence-electron chi connectivity index (χ1n) is 8.87. The van der Waals surface area contributed by atoms with Gasteiger partial charge in [-0.25, -0.2) is 0 Å². The Bertz CT molecular complexity index is 920. The van der Waals surface area contributed by atoms with Crippen molar-refractivity contribution in [1.29, 1.82) is 0 Å². The second kappa shape index (κ2) is 6.16. The number of para-hydroxylation sites is 1. The zero-order chi connectivity index (χ0) is 18.4. The lowest BCUT2D eigenvalue weighted by atomic mass is 9.74. The fourth-order valence-corrected chi connectivity index (χ4v) is 4.46. The van der Waals surface area contributed by atoms with Gasteiger partial charge in [-0.1, -0.05) is 30.4 Å². The molecule has 1 aliphatic carbocycles. The number of hydrogen-bond acceptors (Lipinski definition) is 4. The molecule has 26 heavy (non-hydrogen) atoms. The number of nitrogens with one attached hydrogen (secondary N) is 1. The van der Waals surface area contributed by atoms with Crippen LogP contribution in [-0.2, 0) is 0 Å². The van der Waals surface area contributed by atoms with Gasteiger partial charge in [0.25, 0.3) is 5.69 Å². The van der Waals surface area contributed by atoms with Gasteiger partial charge in [-0.3, -0.25) is 10.1 Å². The monoisotopic (exact) mass is 350 g/mol. The van der Waals surface area contributed by atoms with Gasteiger partial charge in [0.1, 0.15) is 11.4 Å². The van der Waals surface area contributed by atoms with Crippen LogP contribution in [0.1, 0.15) is 40.6 Å². The molecule has 2 aromatic carbocycles. The molecule has 0 fully saturated rings. The predicted octanol–water partition coefficient (Wildman–Crippen LogP) is 5.05. The van der Waals surface area contributed by atoms with Gasteiger partial charge >= 0.3 is 0 Å². The molecule has 0 saturated heterocycles. The van der Waals surface area contributed by atoms with Gasteiger partial charge in [-0.15, -0.1) is 0 Å². The van der Waals surface area contributed by atoms with Gasteiger partial charge in [0, 0.05) is 17.5 Å². The molecule has 4 rings (SSSR count). The zero-order valence-corrected chi connectivity index (χ0v) is 15.2. The SMILES string of the molecule is COc1ccccc1[C@@H]1Nc2c([N+](=O)[O-])cc(C)c(C)c2[C@@H]2C=CC[C@@H]21. The molecule has 2 aromatic rings. The van der Waals surface area contributed by atoms with E-state index in [9.17, 15) is 10.1 Å². The van der Waals surface area contributed by atoms with Crippen LogP contribution in [0.4, 0.5) is 11.4 Å². The topological polar surface area (TPSA) is 64.4 Å². The van der Waals surface area contributed by atoms with Crippen molar-refractivity contribution in [2.24, 2.45) is 5.92 Å². The Morgan fingerprint density at radius 2 is 2.04 bits per heavy atom. The number of nitro groups is 1. The number of anilines is 1. The minimum absolute atomic E-state index is 0.0283. The third-order valence-electron chi connectivity index (χ3n) is 5.82. The molecule has 5 heteroatoms. The molecule has 3 atom stereocenters. The first-order chi connectivity index (χ1) is 12.5. The highest BCUT2D eigenvalue weighted by Crippen LogP contribution is 2.54. The van der Waals surface area contributed by atoms with Gasteiger partial charge in [0.05, 0.1) is 18.1 Å². The van der Waals surface area contributed by atoms with Crippen molar-refractivity contribution in [3.63, 3.8) is 0 Å². The summed E-state index contributed by atoms with van der Waals surface area (Å²) in [5.41, 5.74) is 5.03. The fraction of sp³-hybridized carbons (Fsp3) is 0.333. The fourth-order valence-electron chi connectivity index (χ4n) is 4.46. The standard InChI is InChI=1S/C21H22N2O3/c1-12-11-17(23(24)25)21-19(13(12)2)14-8-6-9-15(14)20(22-21)16-7-4-5-10-18(16)26-3/h4-8,10-11,14-15,20,22H,9H2,1-3H3/t14-,15+,20-/m1/s1. The quantitative estimate of drug-likeness (QED) is 0.478. The normalized spacial score (nSPS) is 23.1. The summed E-state index contributed by atoms with van der Waals surface area (Å²) in [5.74, 6) is 1.31. The van der Waals surface area contributed by atoms with E-state index in [-0.39, 0.29) is 22.6 Å². The molecule has 0 amide bonds. The van der Waals surface area contributed by atoms with Crippen LogP contribution in [0.5, 0.6) is 5.75 Å². The molecule has 134 valence electrons. The molecule has 5 nitrogen and oxygen atoms in total. The third-order valence-corrected chi connectivity index (χ3v) is 5.82. The Morgan fingerprint density at radius 3 is 2.77 bits per heavy atom. The summed E-state index contributed by atoms with van der Waals surface area (Å²) < 4.78 is 5.56. The van der Waals surface area contributed by atoms with Crippen LogP contribution in [0.3, 0.4) is 0 Å². The van der Waals surface area contributed by atoms with E-state index < -0.39 is 0 Å². The summed E-state index contributed by atoms with van der Waals surface area (Å²) in [7, 11) is 1.66. The number of benzene rings is 2. The molecule has 0 unspecified atom stereocenters. The van der Waals surface area contributed by atoms with Crippen molar-refractivity contribution < 1.29 is 9.66 Å². The highest BCUT2D eigenvalue weighted by molar-refractivity contribution is 5.74. The smallest absolute Gasteiger partial charge is 0.292 e. The molecule has 0 bridgehead atoms. The van der Waals surface area contributed by atoms with E-state index in [0.717, 1.165) is 34.4 Å². The highest BCUT2D eigenvalue weighted by atomic mass is 16.6. The zero-order valence-electron chi connectivity index (χ0n) is 15.2. The van der Waals surface area contributed by atoms with E-state index in [4.69, 9.17) is 4.74 Å². The largest absolute Gasteiger partial charge is 0.496 e. The van der Waals surface area contributed by atoms with E-state index in [1.54, 1.807) is 13.2 Å². The van der Waals surface area contributed by atoms with Crippen LogP contribution in [-0.4, -0.2) is 12.0 Å². The van der Waals surface area contributed by atoms with Crippen LogP contribution in [0.15, 0.2) is 42.5 Å². The van der Waals surface area contributed by atoms with Crippen molar-refractivity contribution in [2.75, 3.05) is 12.4 Å². The highest BCUT2D eigenvalue weighted by Gasteiger charge is 2.42. The Kier molecular flexibility index (Phi) is 3.94. The van der Waals surface area contributed by atoms with Crippen LogP contribution < -0.4 is 10.1 Å². The lowest BCUT2D eigenvalue weighted by molar-refractivity contribution is -0.384. The average Bonchev–Trinajstić information content (AvgIpc) is 3.13. The molecular formula is C21H22N2O3. The number of allylic oxidation sites excluding steroid dienone is 2. The molecule has 0 saturated carbocycles. The van der Waals surface area contributed by atoms with E-state index in [1.165, 1.54) is 0 Å². The first-order valence-corrected chi connectivity index (χ1v) is 8.87. The summed E-state index contributed by atoms with van der Waals surface area (Å²) in [5, 5.41) is 15.2. The van der Waals surface area contributed by atoms with Crippen molar-refractivity contribution in [3.8, 4) is 5.75 Å². The van der Waals surface area contributed by atoms with Crippen LogP contribution in [0.25, 0.3) is 0 Å². The molecule has 0 aromatic heterocycles. The molecule has 1 aliphatic heterocycles. The minimum Gasteiger partial charge on any atom is -0.496 e. The van der Waals surface area contributed by atoms with E-state index >= 15 is 0 Å². The summed E-state index contributed by atoms with van der Waals surface area (Å²) in [6.07, 6.45) is 5.35. The van der Waals surface area contributed by atoms with E-state index in [0.29, 0.717) is 11.6 Å². The van der Waals surface area contributed by atoms with Gasteiger partial charge < -0.3 is 10.1 Å². The van der Waals surface area contributed by atoms with Crippen LogP contribution in [0.2, 0.25) is 0 Å². The summed E-state index contributed by atoms with van der Waals surface area (Å²) >= 11 is 0. The summed E-state index contributed by atoms with van der Waals surface area (Å²) in [6.45, 7) is 4.01. The number of ether oxygens (including phenoxy) is 1. The molecule has 2 aliphatic rings. The van der Waals surface area contributed by atoms with Crippen molar-refractivity contribution >= 4 is 11.4 Å². The summed E-state index contributed by atoms with van der Waals surface area (Å²) in [6, 6.07) is 9.57. The molecule has 0 spiro atoms. The number of nitrogens with zero attached hydrogens (tertiary/aromatic N) is 1. The second-order valence-corrected chi connectivity index (χ2v) is 7.10. The van der Waals surface area contributed by atoms with Gasteiger partial charge in [0.2, 0.25) is 0 Å². The van der Waals surface area contributed by atoms with E-state index in [1.807, 2.05) is 31.2 Å². The van der Waals surface area contributed by atoms with Gasteiger partial charge in [-0.05, 0) is 48.9 Å². The third kappa shape index (κ3) is 2.38. The minimum atomic E-state index is -0.281. The Balaban J connectivity index is 1.93.